The first-order chi connectivity index (χ1) is 18.6. The van der Waals surface area contributed by atoms with Crippen LogP contribution >= 0.6 is 23.2 Å². The van der Waals surface area contributed by atoms with Crippen molar-refractivity contribution in [3.63, 3.8) is 0 Å². The van der Waals surface area contributed by atoms with Crippen LogP contribution in [0.1, 0.15) is 51.9 Å². The van der Waals surface area contributed by atoms with Gasteiger partial charge in [-0.25, -0.2) is 4.39 Å². The van der Waals surface area contributed by atoms with Crippen LogP contribution in [0, 0.1) is 11.3 Å². The van der Waals surface area contributed by atoms with Gasteiger partial charge in [0.15, 0.2) is 5.78 Å². The molecule has 2 aromatic carbocycles. The normalized spacial score (nSPS) is 15.4. The molecule has 3 nitrogen and oxygen atoms in total. The van der Waals surface area contributed by atoms with Crippen LogP contribution in [0.2, 0.25) is 10.0 Å². The zero-order valence-electron chi connectivity index (χ0n) is 20.6. The molecule has 0 bridgehead atoms. The molecule has 2 rings (SSSR count). The summed E-state index contributed by atoms with van der Waals surface area (Å²) in [6, 6.07) is 2.88. The zero-order valence-corrected chi connectivity index (χ0v) is 22.9. The maximum absolute atomic E-state index is 15.0. The van der Waals surface area contributed by atoms with Crippen molar-refractivity contribution in [3.05, 3.63) is 74.3 Å². The van der Waals surface area contributed by atoms with Crippen LogP contribution in [-0.4, -0.2) is 40.1 Å². The van der Waals surface area contributed by atoms with Crippen LogP contribution in [0.4, 0.5) is 43.9 Å². The third-order valence-corrected chi connectivity index (χ3v) is 7.72. The van der Waals surface area contributed by atoms with E-state index in [9.17, 15) is 48.5 Å². The second-order valence-corrected chi connectivity index (χ2v) is 11.2. The molecule has 1 N–H and O–H groups in total. The van der Waals surface area contributed by atoms with Crippen molar-refractivity contribution in [3.8, 4) is 0 Å². The van der Waals surface area contributed by atoms with Crippen LogP contribution in [0.15, 0.2) is 36.4 Å². The Kier molecular flexibility index (Phi) is 11.2. The van der Waals surface area contributed by atoms with Gasteiger partial charge in [0.05, 0.1) is 15.6 Å². The lowest BCUT2D eigenvalue weighted by atomic mass is 9.93. The van der Waals surface area contributed by atoms with E-state index in [-0.39, 0.29) is 27.8 Å². The van der Waals surface area contributed by atoms with Gasteiger partial charge in [0.1, 0.15) is 17.5 Å². The van der Waals surface area contributed by atoms with E-state index in [2.05, 4.69) is 0 Å². The maximum Gasteiger partial charge on any atom is 0.417 e. The van der Waals surface area contributed by atoms with E-state index in [0.717, 1.165) is 12.1 Å². The van der Waals surface area contributed by atoms with Gasteiger partial charge in [-0.3, -0.25) is 9.00 Å². The fourth-order valence-corrected chi connectivity index (χ4v) is 5.61. The number of nitrogens with one attached hydrogen (secondary N) is 1. The highest BCUT2D eigenvalue weighted by Crippen LogP contribution is 2.42. The summed E-state index contributed by atoms with van der Waals surface area (Å²) in [7, 11) is -2.43. The van der Waals surface area contributed by atoms with E-state index in [1.165, 1.54) is 6.92 Å². The summed E-state index contributed by atoms with van der Waals surface area (Å²) >= 11 is 11.7. The predicted octanol–water partition coefficient (Wildman–Crippen LogP) is 9.19. The smallest absolute Gasteiger partial charge is 0.308 e. The van der Waals surface area contributed by atoms with Gasteiger partial charge < -0.3 is 5.41 Å². The molecule has 0 spiro atoms. The lowest BCUT2D eigenvalue weighted by Crippen LogP contribution is -2.24. The summed E-state index contributed by atoms with van der Waals surface area (Å²) in [6.45, 7) is 1.21. The predicted molar refractivity (Wildman–Crippen MR) is 136 cm³/mol. The number of carbonyl (C=O) groups excluding carboxylic acids is 1. The van der Waals surface area contributed by atoms with Crippen molar-refractivity contribution in [1.82, 2.24) is 0 Å². The molecule has 0 amide bonds. The average Bonchev–Trinajstić information content (AvgIpc) is 2.78. The number of hydrogen-bond acceptors (Lipinski definition) is 3. The summed E-state index contributed by atoms with van der Waals surface area (Å²) in [6.07, 6.45) is -15.2. The minimum atomic E-state index is -5.27. The molecule has 0 saturated heterocycles. The molecule has 0 heterocycles. The van der Waals surface area contributed by atoms with E-state index in [1.54, 1.807) is 0 Å². The maximum atomic E-state index is 15.0. The molecule has 41 heavy (non-hydrogen) atoms. The first-order valence-corrected chi connectivity index (χ1v) is 13.5. The Hall–Kier alpha value is -2.45. The molecule has 2 aromatic rings. The molecule has 3 atom stereocenters. The van der Waals surface area contributed by atoms with Crippen molar-refractivity contribution < 1.29 is 52.9 Å². The first kappa shape index (κ1) is 34.7. The van der Waals surface area contributed by atoms with Crippen LogP contribution in [-0.2, 0) is 17.0 Å². The van der Waals surface area contributed by atoms with E-state index < -0.39 is 93.0 Å². The highest BCUT2D eigenvalue weighted by atomic mass is 35.5. The monoisotopic (exact) mass is 657 g/mol. The molecular weight excluding hydrogens is 639 g/mol. The summed E-state index contributed by atoms with van der Waals surface area (Å²) in [4.78, 5) is 12.6. The highest BCUT2D eigenvalue weighted by molar-refractivity contribution is 7.85. The topological polar surface area (TPSA) is 58.0 Å². The number of carbonyl (C=O) groups is 1. The number of halogens is 12. The number of Topliss-reactive ketones (excluding diaryl/α,β-unsaturated/α-hetero) is 1. The Bertz CT molecular complexity index is 1330. The third kappa shape index (κ3) is 9.81. The molecule has 0 aliphatic rings. The van der Waals surface area contributed by atoms with E-state index in [1.807, 2.05) is 0 Å². The SMILES string of the molecule is C[C@@H](CC(=O)c1ccc(/C(F)=C/C(c2cc(Cl)c(C=N)c(Cl)c2)C(F)(F)F)cc1C(F)(F)F)CS(=O)CC(F)(F)F. The Morgan fingerprint density at radius 3 is 2.02 bits per heavy atom. The second-order valence-electron chi connectivity index (χ2n) is 8.93. The first-order valence-electron chi connectivity index (χ1n) is 11.2. The van der Waals surface area contributed by atoms with Gasteiger partial charge in [-0.15, -0.1) is 0 Å². The lowest BCUT2D eigenvalue weighted by molar-refractivity contribution is -0.140. The minimum absolute atomic E-state index is 0.00109. The minimum Gasteiger partial charge on any atom is -0.308 e. The zero-order chi connectivity index (χ0) is 31.5. The summed E-state index contributed by atoms with van der Waals surface area (Å²) in [5.41, 5.74) is -4.39. The summed E-state index contributed by atoms with van der Waals surface area (Å²) < 4.78 is 147. The lowest BCUT2D eigenvalue weighted by Gasteiger charge is -2.19. The molecule has 0 saturated carbocycles. The van der Waals surface area contributed by atoms with Gasteiger partial charge in [0.2, 0.25) is 0 Å². The number of benzene rings is 2. The Labute approximate surface area is 239 Å². The second kappa shape index (κ2) is 13.2. The van der Waals surface area contributed by atoms with Gasteiger partial charge in [-0.1, -0.05) is 42.3 Å². The fourth-order valence-electron chi connectivity index (χ4n) is 3.76. The number of ketones is 1. The quantitative estimate of drug-likeness (QED) is 0.157. The molecule has 0 aromatic heterocycles. The number of alkyl halides is 9. The molecule has 0 radical (unpaired) electrons. The number of hydrogen-bond donors (Lipinski definition) is 1. The molecule has 16 heteroatoms. The Morgan fingerprint density at radius 1 is 1.00 bits per heavy atom. The third-order valence-electron chi connectivity index (χ3n) is 5.50. The van der Waals surface area contributed by atoms with Gasteiger partial charge in [-0.05, 0) is 35.8 Å². The van der Waals surface area contributed by atoms with Crippen molar-refractivity contribution in [2.75, 3.05) is 11.5 Å². The van der Waals surface area contributed by atoms with Gasteiger partial charge >= 0.3 is 18.5 Å². The standard InChI is InChI=1S/C25H19Cl2F10NO2S/c1-12(10-41(40)11-23(29,30)31)4-22(39)15-3-2-13(5-18(15)25(35,36)37)21(28)8-17(24(32,33)34)14-6-19(26)16(9-38)20(27)7-14/h2-3,5-9,12,17,38H,4,10-11H2,1H3/b21-8-,38-9?/t12-,17?,41?/m0/s1. The molecule has 2 unspecified atom stereocenters. The average molecular weight is 658 g/mol. The Morgan fingerprint density at radius 2 is 1.56 bits per heavy atom. The van der Waals surface area contributed by atoms with E-state index in [0.29, 0.717) is 18.3 Å². The van der Waals surface area contributed by atoms with Gasteiger partial charge in [-0.2, -0.15) is 39.5 Å². The molecule has 226 valence electrons. The van der Waals surface area contributed by atoms with Crippen LogP contribution in [0.25, 0.3) is 5.83 Å². The molecule has 0 aliphatic carbocycles. The number of allylic oxidation sites excluding steroid dienone is 1. The van der Waals surface area contributed by atoms with Crippen LogP contribution in [0.5, 0.6) is 0 Å². The van der Waals surface area contributed by atoms with E-state index >= 15 is 4.39 Å². The van der Waals surface area contributed by atoms with Crippen LogP contribution in [0.3, 0.4) is 0 Å². The molecule has 0 aliphatic heterocycles. The molecule has 0 fully saturated rings. The van der Waals surface area contributed by atoms with Crippen LogP contribution < -0.4 is 0 Å². The summed E-state index contributed by atoms with van der Waals surface area (Å²) in [5.74, 6) is -8.95. The summed E-state index contributed by atoms with van der Waals surface area (Å²) in [5, 5.41) is 6.49. The van der Waals surface area contributed by atoms with Crippen molar-refractivity contribution in [2.24, 2.45) is 5.92 Å². The Balaban J connectivity index is 2.46. The largest absolute Gasteiger partial charge is 0.417 e. The van der Waals surface area contributed by atoms with Crippen molar-refractivity contribution in [2.45, 2.75) is 37.8 Å². The van der Waals surface area contributed by atoms with Crippen molar-refractivity contribution in [1.29, 1.82) is 5.41 Å². The fraction of sp³-hybridized carbons (Fsp3) is 0.360. The van der Waals surface area contributed by atoms with Crippen molar-refractivity contribution >= 4 is 51.8 Å². The van der Waals surface area contributed by atoms with Gasteiger partial charge in [0, 0.05) is 45.9 Å². The van der Waals surface area contributed by atoms with E-state index in [4.69, 9.17) is 28.6 Å². The molecular formula is C25H19Cl2F10NO2S. The van der Waals surface area contributed by atoms with Gasteiger partial charge in [0.25, 0.3) is 0 Å². The highest BCUT2D eigenvalue weighted by Gasteiger charge is 2.41. The number of rotatable bonds is 10.